The molecule has 9 heteroatoms. The highest BCUT2D eigenvalue weighted by molar-refractivity contribution is 8.01. The number of nitrogens with one attached hydrogen (secondary N) is 2. The van der Waals surface area contributed by atoms with Gasteiger partial charge in [-0.05, 0) is 42.7 Å². The fraction of sp³-hybridized carbons (Fsp3) is 0.417. The first-order valence-corrected chi connectivity index (χ1v) is 13.1. The molecule has 1 unspecified atom stereocenters. The van der Waals surface area contributed by atoms with E-state index in [1.54, 1.807) is 11.8 Å². The zero-order valence-electron chi connectivity index (χ0n) is 18.2. The van der Waals surface area contributed by atoms with E-state index in [1.165, 1.54) is 0 Å². The number of hydrogen-bond donors (Lipinski definition) is 2. The number of carbonyl (C=O) groups is 2. The molecule has 2 aromatic carbocycles. The van der Waals surface area contributed by atoms with Crippen LogP contribution in [0.2, 0.25) is 0 Å². The number of fused-ring (bicyclic) bond motifs is 1. The molecule has 174 valence electrons. The normalized spacial score (nSPS) is 20.7. The third-order valence-electron chi connectivity index (χ3n) is 6.21. The van der Waals surface area contributed by atoms with Gasteiger partial charge in [0.2, 0.25) is 18.6 Å². The van der Waals surface area contributed by atoms with Crippen molar-refractivity contribution in [2.75, 3.05) is 31.4 Å². The van der Waals surface area contributed by atoms with Gasteiger partial charge in [0.25, 0.3) is 0 Å². The van der Waals surface area contributed by atoms with Crippen molar-refractivity contribution < 1.29 is 19.1 Å². The molecule has 3 aliphatic rings. The Hall–Kier alpha value is -2.36. The van der Waals surface area contributed by atoms with Gasteiger partial charge in [-0.1, -0.05) is 24.3 Å². The second kappa shape index (κ2) is 9.87. The third-order valence-corrected chi connectivity index (χ3v) is 8.79. The van der Waals surface area contributed by atoms with Crippen LogP contribution in [0.15, 0.2) is 53.4 Å². The van der Waals surface area contributed by atoms with Crippen LogP contribution in [0, 0.1) is 0 Å². The molecule has 5 rings (SSSR count). The number of piperidine rings is 1. The van der Waals surface area contributed by atoms with E-state index in [4.69, 9.17) is 9.47 Å². The Kier molecular flexibility index (Phi) is 6.71. The molecule has 2 saturated heterocycles. The molecule has 2 fully saturated rings. The molecule has 2 aromatic rings. The minimum absolute atomic E-state index is 0.00908. The lowest BCUT2D eigenvalue weighted by atomic mass is 10.0. The Balaban J connectivity index is 1.07. The molecule has 0 aromatic heterocycles. The number of carbonyl (C=O) groups excluding carboxylic acids is 2. The van der Waals surface area contributed by atoms with Gasteiger partial charge in [-0.15, -0.1) is 23.5 Å². The summed E-state index contributed by atoms with van der Waals surface area (Å²) in [6, 6.07) is 15.5. The molecule has 0 aliphatic carbocycles. The zero-order valence-corrected chi connectivity index (χ0v) is 19.9. The lowest BCUT2D eigenvalue weighted by molar-refractivity contribution is -0.130. The number of ether oxygens (including phenoxy) is 2. The van der Waals surface area contributed by atoms with Gasteiger partial charge in [-0.3, -0.25) is 14.9 Å². The van der Waals surface area contributed by atoms with Gasteiger partial charge in [0, 0.05) is 30.3 Å². The van der Waals surface area contributed by atoms with Crippen molar-refractivity contribution in [1.29, 1.82) is 0 Å². The second-order valence-corrected chi connectivity index (χ2v) is 10.8. The Labute approximate surface area is 202 Å². The van der Waals surface area contributed by atoms with Crippen molar-refractivity contribution in [3.05, 3.63) is 54.1 Å². The molecule has 2 N–H and O–H groups in total. The van der Waals surface area contributed by atoms with Gasteiger partial charge < -0.3 is 19.7 Å². The van der Waals surface area contributed by atoms with E-state index in [1.807, 2.05) is 65.2 Å². The van der Waals surface area contributed by atoms with Crippen LogP contribution < -0.4 is 20.1 Å². The minimum atomic E-state index is -0.222. The summed E-state index contributed by atoms with van der Waals surface area (Å²) in [7, 11) is 0. The van der Waals surface area contributed by atoms with Crippen molar-refractivity contribution in [2.24, 2.45) is 0 Å². The Morgan fingerprint density at radius 3 is 2.73 bits per heavy atom. The van der Waals surface area contributed by atoms with Crippen LogP contribution in [0.3, 0.4) is 0 Å². The summed E-state index contributed by atoms with van der Waals surface area (Å²) in [5, 5.41) is 6.60. The maximum Gasteiger partial charge on any atom is 0.238 e. The zero-order chi connectivity index (χ0) is 22.7. The van der Waals surface area contributed by atoms with Crippen LogP contribution in [-0.4, -0.2) is 59.0 Å². The largest absolute Gasteiger partial charge is 0.454 e. The first-order chi connectivity index (χ1) is 16.1. The lowest BCUT2D eigenvalue weighted by Crippen LogP contribution is -2.54. The van der Waals surface area contributed by atoms with Crippen LogP contribution in [-0.2, 0) is 16.1 Å². The van der Waals surface area contributed by atoms with E-state index >= 15 is 0 Å². The van der Waals surface area contributed by atoms with E-state index in [0.29, 0.717) is 12.3 Å². The van der Waals surface area contributed by atoms with Crippen molar-refractivity contribution in [3.8, 4) is 11.5 Å². The predicted molar refractivity (Wildman–Crippen MR) is 130 cm³/mol. The molecule has 1 spiro atoms. The van der Waals surface area contributed by atoms with Gasteiger partial charge in [0.15, 0.2) is 11.5 Å². The highest BCUT2D eigenvalue weighted by atomic mass is 32.2. The molecule has 0 saturated carbocycles. The smallest absolute Gasteiger partial charge is 0.238 e. The van der Waals surface area contributed by atoms with E-state index in [9.17, 15) is 9.59 Å². The third kappa shape index (κ3) is 5.26. The number of nitrogens with zero attached hydrogens (tertiary/aromatic N) is 1. The van der Waals surface area contributed by atoms with Crippen LogP contribution in [0.5, 0.6) is 11.5 Å². The van der Waals surface area contributed by atoms with Crippen molar-refractivity contribution in [1.82, 2.24) is 15.5 Å². The van der Waals surface area contributed by atoms with Gasteiger partial charge in [0.05, 0.1) is 16.7 Å². The first-order valence-electron chi connectivity index (χ1n) is 11.1. The summed E-state index contributed by atoms with van der Waals surface area (Å²) < 4.78 is 10.7. The standard InChI is InChI=1S/C24H27N3O4S2/c28-22(15-32-18-4-2-1-3-5-18)27-10-8-24(9-11-27)26-19(14-33-24)23(29)25-13-17-6-7-20-21(12-17)31-16-30-20/h1-7,12,19,26H,8-11,13-16H2,(H,25,29). The fourth-order valence-corrected chi connectivity index (χ4v) is 6.55. The summed E-state index contributed by atoms with van der Waals surface area (Å²) in [6.07, 6.45) is 1.71. The van der Waals surface area contributed by atoms with Crippen molar-refractivity contribution in [3.63, 3.8) is 0 Å². The quantitative estimate of drug-likeness (QED) is 0.609. The minimum Gasteiger partial charge on any atom is -0.454 e. The predicted octanol–water partition coefficient (Wildman–Crippen LogP) is 2.85. The van der Waals surface area contributed by atoms with Crippen LogP contribution >= 0.6 is 23.5 Å². The molecule has 33 heavy (non-hydrogen) atoms. The van der Waals surface area contributed by atoms with Gasteiger partial charge in [-0.2, -0.15) is 0 Å². The Morgan fingerprint density at radius 2 is 1.91 bits per heavy atom. The summed E-state index contributed by atoms with van der Waals surface area (Å²) in [5.74, 6) is 2.85. The second-order valence-electron chi connectivity index (χ2n) is 8.39. The number of likely N-dealkylation sites (tertiary alicyclic amines) is 1. The number of benzene rings is 2. The molecule has 1 atom stereocenters. The summed E-state index contributed by atoms with van der Waals surface area (Å²) >= 11 is 3.39. The van der Waals surface area contributed by atoms with Crippen LogP contribution in [0.1, 0.15) is 18.4 Å². The van der Waals surface area contributed by atoms with E-state index < -0.39 is 0 Å². The van der Waals surface area contributed by atoms with Gasteiger partial charge in [0.1, 0.15) is 0 Å². The van der Waals surface area contributed by atoms with Crippen LogP contribution in [0.25, 0.3) is 0 Å². The molecular formula is C24H27N3O4S2. The number of hydrogen-bond acceptors (Lipinski definition) is 7. The van der Waals surface area contributed by atoms with Crippen molar-refractivity contribution in [2.45, 2.75) is 35.2 Å². The molecular weight excluding hydrogens is 458 g/mol. The SMILES string of the molecule is O=C(NCc1ccc2c(c1)OCO2)C1CSC2(CCN(C(=O)CSc3ccccc3)CC2)N1. The first kappa shape index (κ1) is 22.4. The molecule has 0 radical (unpaired) electrons. The Morgan fingerprint density at radius 1 is 1.12 bits per heavy atom. The number of thioether (sulfide) groups is 2. The van der Waals surface area contributed by atoms with Crippen molar-refractivity contribution >= 4 is 35.3 Å². The van der Waals surface area contributed by atoms with Gasteiger partial charge in [-0.25, -0.2) is 0 Å². The average Bonchev–Trinajstić information content (AvgIpc) is 3.49. The van der Waals surface area contributed by atoms with E-state index in [0.717, 1.165) is 53.6 Å². The Bertz CT molecular complexity index is 1010. The summed E-state index contributed by atoms with van der Waals surface area (Å²) in [5.41, 5.74) is 0.980. The molecule has 0 bridgehead atoms. The summed E-state index contributed by atoms with van der Waals surface area (Å²) in [4.78, 5) is 28.3. The monoisotopic (exact) mass is 485 g/mol. The topological polar surface area (TPSA) is 79.9 Å². The summed E-state index contributed by atoms with van der Waals surface area (Å²) in [6.45, 7) is 2.14. The molecule has 7 nitrogen and oxygen atoms in total. The number of rotatable bonds is 6. The van der Waals surface area contributed by atoms with Gasteiger partial charge >= 0.3 is 0 Å². The lowest BCUT2D eigenvalue weighted by Gasteiger charge is -2.39. The van der Waals surface area contributed by atoms with E-state index in [2.05, 4.69) is 10.6 Å². The average molecular weight is 486 g/mol. The maximum absolute atomic E-state index is 12.8. The number of amides is 2. The maximum atomic E-state index is 12.8. The molecule has 2 amide bonds. The molecule has 3 heterocycles. The van der Waals surface area contributed by atoms with E-state index in [-0.39, 0.29) is 29.5 Å². The molecule has 3 aliphatic heterocycles. The van der Waals surface area contributed by atoms with Crippen LogP contribution in [0.4, 0.5) is 0 Å². The highest BCUT2D eigenvalue weighted by Gasteiger charge is 2.44. The fourth-order valence-electron chi connectivity index (χ4n) is 4.31. The highest BCUT2D eigenvalue weighted by Crippen LogP contribution is 2.39.